The minimum Gasteiger partial charge on any atom is -0.492 e. The molecule has 0 aliphatic heterocycles. The first-order chi connectivity index (χ1) is 10.8. The van der Waals surface area contributed by atoms with Crippen LogP contribution < -0.4 is 15.4 Å². The highest BCUT2D eigenvalue weighted by Gasteiger charge is 2.24. The van der Waals surface area contributed by atoms with Crippen LogP contribution in [0.25, 0.3) is 0 Å². The Hall–Kier alpha value is -1.36. The van der Waals surface area contributed by atoms with E-state index >= 15 is 0 Å². The van der Waals surface area contributed by atoms with Gasteiger partial charge in [0, 0.05) is 17.8 Å². The van der Waals surface area contributed by atoms with Crippen molar-refractivity contribution in [3.05, 3.63) is 30.3 Å². The maximum atomic E-state index is 5.67. The maximum absolute atomic E-state index is 5.67. The SMILES string of the molecule is CCNC(=NCCOc1ccccc1)NC1CCC(SC)C1. The van der Waals surface area contributed by atoms with Gasteiger partial charge in [0.2, 0.25) is 0 Å². The van der Waals surface area contributed by atoms with Gasteiger partial charge in [0.15, 0.2) is 5.96 Å². The molecule has 0 amide bonds. The number of rotatable bonds is 7. The summed E-state index contributed by atoms with van der Waals surface area (Å²) in [4.78, 5) is 4.61. The van der Waals surface area contributed by atoms with Gasteiger partial charge in [-0.15, -0.1) is 0 Å². The van der Waals surface area contributed by atoms with E-state index in [4.69, 9.17) is 4.74 Å². The van der Waals surface area contributed by atoms with Gasteiger partial charge >= 0.3 is 0 Å². The van der Waals surface area contributed by atoms with Crippen LogP contribution in [0.2, 0.25) is 0 Å². The van der Waals surface area contributed by atoms with Crippen LogP contribution >= 0.6 is 11.8 Å². The van der Waals surface area contributed by atoms with Gasteiger partial charge < -0.3 is 15.4 Å². The highest BCUT2D eigenvalue weighted by molar-refractivity contribution is 7.99. The molecule has 2 unspecified atom stereocenters. The lowest BCUT2D eigenvalue weighted by atomic mass is 10.2. The fourth-order valence-corrected chi connectivity index (χ4v) is 3.43. The molecule has 1 aromatic rings. The summed E-state index contributed by atoms with van der Waals surface area (Å²) in [6.07, 6.45) is 5.96. The van der Waals surface area contributed by atoms with Crippen molar-refractivity contribution in [3.8, 4) is 5.75 Å². The van der Waals surface area contributed by atoms with E-state index in [1.54, 1.807) is 0 Å². The number of hydrogen-bond donors (Lipinski definition) is 2. The number of nitrogens with one attached hydrogen (secondary N) is 2. The predicted octanol–water partition coefficient (Wildman–Crippen LogP) is 2.90. The second kappa shape index (κ2) is 9.62. The van der Waals surface area contributed by atoms with Crippen LogP contribution in [-0.2, 0) is 0 Å². The van der Waals surface area contributed by atoms with Crippen molar-refractivity contribution >= 4 is 17.7 Å². The van der Waals surface area contributed by atoms with E-state index in [2.05, 4.69) is 28.8 Å². The quantitative estimate of drug-likeness (QED) is 0.460. The smallest absolute Gasteiger partial charge is 0.191 e. The molecule has 2 atom stereocenters. The monoisotopic (exact) mass is 321 g/mol. The van der Waals surface area contributed by atoms with Crippen molar-refractivity contribution in [2.24, 2.45) is 4.99 Å². The summed E-state index contributed by atoms with van der Waals surface area (Å²) in [7, 11) is 0. The Bertz CT molecular complexity index is 452. The van der Waals surface area contributed by atoms with Gasteiger partial charge in [0.05, 0.1) is 6.54 Å². The molecule has 1 aliphatic rings. The zero-order valence-corrected chi connectivity index (χ0v) is 14.4. The van der Waals surface area contributed by atoms with Gasteiger partial charge in [-0.25, -0.2) is 4.99 Å². The van der Waals surface area contributed by atoms with Gasteiger partial charge in [0.1, 0.15) is 12.4 Å². The number of benzene rings is 1. The Kier molecular flexibility index (Phi) is 7.43. The van der Waals surface area contributed by atoms with Crippen LogP contribution in [0.5, 0.6) is 5.75 Å². The molecule has 22 heavy (non-hydrogen) atoms. The Labute approximate surface area is 138 Å². The van der Waals surface area contributed by atoms with Crippen molar-refractivity contribution in [3.63, 3.8) is 0 Å². The molecule has 1 aromatic carbocycles. The summed E-state index contributed by atoms with van der Waals surface area (Å²) in [5.41, 5.74) is 0. The van der Waals surface area contributed by atoms with Crippen molar-refractivity contribution in [1.29, 1.82) is 0 Å². The standard InChI is InChI=1S/C17H27N3OS/c1-3-18-17(20-14-9-10-16(13-14)22-2)19-11-12-21-15-7-5-4-6-8-15/h4-8,14,16H,3,9-13H2,1-2H3,(H2,18,19,20). The lowest BCUT2D eigenvalue weighted by molar-refractivity contribution is 0.328. The largest absolute Gasteiger partial charge is 0.492 e. The normalized spacial score (nSPS) is 21.6. The molecule has 122 valence electrons. The van der Waals surface area contributed by atoms with Gasteiger partial charge in [0.25, 0.3) is 0 Å². The van der Waals surface area contributed by atoms with Gasteiger partial charge in [-0.1, -0.05) is 18.2 Å². The molecule has 0 spiro atoms. The van der Waals surface area contributed by atoms with E-state index in [-0.39, 0.29) is 0 Å². The Morgan fingerprint density at radius 3 is 2.82 bits per heavy atom. The van der Waals surface area contributed by atoms with E-state index in [1.807, 2.05) is 42.1 Å². The zero-order chi connectivity index (χ0) is 15.6. The van der Waals surface area contributed by atoms with Crippen molar-refractivity contribution in [2.45, 2.75) is 37.5 Å². The molecule has 2 rings (SSSR count). The molecule has 1 aliphatic carbocycles. The van der Waals surface area contributed by atoms with Gasteiger partial charge in [-0.3, -0.25) is 0 Å². The van der Waals surface area contributed by atoms with Gasteiger partial charge in [-0.05, 0) is 44.6 Å². The van der Waals surface area contributed by atoms with Crippen LogP contribution in [0.3, 0.4) is 0 Å². The molecule has 0 radical (unpaired) electrons. The summed E-state index contributed by atoms with van der Waals surface area (Å²) in [5.74, 6) is 1.81. The number of thioether (sulfide) groups is 1. The molecule has 0 aromatic heterocycles. The van der Waals surface area contributed by atoms with Crippen LogP contribution in [0.15, 0.2) is 35.3 Å². The van der Waals surface area contributed by atoms with E-state index in [0.29, 0.717) is 19.2 Å². The maximum Gasteiger partial charge on any atom is 0.191 e. The molecule has 0 saturated heterocycles. The summed E-state index contributed by atoms with van der Waals surface area (Å²) >= 11 is 1.98. The topological polar surface area (TPSA) is 45.7 Å². The first-order valence-electron chi connectivity index (χ1n) is 8.07. The number of ether oxygens (including phenoxy) is 1. The Morgan fingerprint density at radius 1 is 1.32 bits per heavy atom. The highest BCUT2D eigenvalue weighted by atomic mass is 32.2. The second-order valence-electron chi connectivity index (χ2n) is 5.43. The van der Waals surface area contributed by atoms with Crippen LogP contribution in [0, 0.1) is 0 Å². The minimum absolute atomic E-state index is 0.547. The Balaban J connectivity index is 1.75. The molecule has 2 N–H and O–H groups in total. The third-order valence-electron chi connectivity index (χ3n) is 3.78. The van der Waals surface area contributed by atoms with Gasteiger partial charge in [-0.2, -0.15) is 11.8 Å². The summed E-state index contributed by atoms with van der Waals surface area (Å²) in [6, 6.07) is 10.4. The third kappa shape index (κ3) is 5.79. The number of hydrogen-bond acceptors (Lipinski definition) is 3. The summed E-state index contributed by atoms with van der Waals surface area (Å²) in [6.45, 7) is 4.22. The lowest BCUT2D eigenvalue weighted by Crippen LogP contribution is -2.42. The number of aliphatic imine (C=N–C) groups is 1. The van der Waals surface area contributed by atoms with Crippen LogP contribution in [0.4, 0.5) is 0 Å². The predicted molar refractivity (Wildman–Crippen MR) is 96.0 cm³/mol. The average molecular weight is 321 g/mol. The van der Waals surface area contributed by atoms with E-state index in [9.17, 15) is 0 Å². The summed E-state index contributed by atoms with van der Waals surface area (Å²) < 4.78 is 5.67. The van der Waals surface area contributed by atoms with Crippen LogP contribution in [0.1, 0.15) is 26.2 Å². The lowest BCUT2D eigenvalue weighted by Gasteiger charge is -2.17. The molecule has 4 nitrogen and oxygen atoms in total. The molecule has 0 bridgehead atoms. The summed E-state index contributed by atoms with van der Waals surface area (Å²) in [5, 5.41) is 7.66. The Morgan fingerprint density at radius 2 is 2.14 bits per heavy atom. The molecule has 5 heteroatoms. The molecule has 1 fully saturated rings. The molecule has 0 heterocycles. The minimum atomic E-state index is 0.547. The van der Waals surface area contributed by atoms with E-state index < -0.39 is 0 Å². The zero-order valence-electron chi connectivity index (χ0n) is 13.5. The molecular formula is C17H27N3OS. The third-order valence-corrected chi connectivity index (χ3v) is 4.87. The second-order valence-corrected chi connectivity index (χ2v) is 6.57. The fourth-order valence-electron chi connectivity index (χ4n) is 2.64. The average Bonchev–Trinajstić information content (AvgIpc) is 3.00. The first-order valence-corrected chi connectivity index (χ1v) is 9.36. The van der Waals surface area contributed by atoms with Crippen LogP contribution in [-0.4, -0.2) is 43.2 Å². The van der Waals surface area contributed by atoms with Crippen molar-refractivity contribution in [1.82, 2.24) is 10.6 Å². The van der Waals surface area contributed by atoms with E-state index in [0.717, 1.165) is 23.5 Å². The highest BCUT2D eigenvalue weighted by Crippen LogP contribution is 2.27. The fraction of sp³-hybridized carbons (Fsp3) is 0.588. The number of nitrogens with zero attached hydrogens (tertiary/aromatic N) is 1. The number of para-hydroxylation sites is 1. The molecule has 1 saturated carbocycles. The van der Waals surface area contributed by atoms with Crippen molar-refractivity contribution < 1.29 is 4.74 Å². The first kappa shape index (κ1) is 17.0. The number of guanidine groups is 1. The van der Waals surface area contributed by atoms with E-state index in [1.165, 1.54) is 19.3 Å². The molecular weight excluding hydrogens is 294 g/mol. The van der Waals surface area contributed by atoms with Crippen molar-refractivity contribution in [2.75, 3.05) is 26.0 Å².